The number of carbonyl (C=O) groups is 1. The number of benzene rings is 3. The molecule has 0 aliphatic carbocycles. The van der Waals surface area contributed by atoms with E-state index in [4.69, 9.17) is 73.2 Å². The molecule has 448 valence electrons. The molecule has 5 aromatic rings. The molecule has 2 N–H and O–H groups in total. The fourth-order valence-corrected chi connectivity index (χ4v) is 8.87. The van der Waals surface area contributed by atoms with Crippen molar-refractivity contribution in [3.63, 3.8) is 0 Å². The Morgan fingerprint density at radius 2 is 1.11 bits per heavy atom. The number of carbonyl (C=O) groups excluding carboxylic acids is 1. The number of sulfonamides is 1. The number of nitrogens with zero attached hydrogens (tertiary/aromatic N) is 3. The first kappa shape index (κ1) is 66.7. The minimum atomic E-state index is -4.60. The second kappa shape index (κ2) is 38.6. The van der Waals surface area contributed by atoms with Crippen LogP contribution in [0.2, 0.25) is 5.02 Å². The van der Waals surface area contributed by atoms with Gasteiger partial charge in [-0.05, 0) is 59.2 Å². The second-order valence-electron chi connectivity index (χ2n) is 16.7. The van der Waals surface area contributed by atoms with Crippen molar-refractivity contribution in [2.45, 2.75) is 24.0 Å². The lowest BCUT2D eigenvalue weighted by Crippen LogP contribution is -2.24. The zero-order chi connectivity index (χ0) is 57.8. The van der Waals surface area contributed by atoms with Crippen LogP contribution in [0.25, 0.3) is 22.3 Å². The Balaban J connectivity index is 0.898. The van der Waals surface area contributed by atoms with Crippen molar-refractivity contribution in [1.82, 2.24) is 20.5 Å². The van der Waals surface area contributed by atoms with Crippen molar-refractivity contribution in [1.29, 1.82) is 0 Å². The van der Waals surface area contributed by atoms with Crippen molar-refractivity contribution >= 4 is 44.0 Å². The zero-order valence-corrected chi connectivity index (χ0v) is 47.2. The molecule has 28 heteroatoms. The molecule has 0 aliphatic heterocycles. The van der Waals surface area contributed by atoms with Crippen molar-refractivity contribution in [2.75, 3.05) is 164 Å². The molecule has 0 atom stereocenters. The maximum atomic E-state index is 15.5. The molecule has 2 heterocycles. The van der Waals surface area contributed by atoms with Gasteiger partial charge in [0.15, 0.2) is 0 Å². The number of aromatic nitrogens is 3. The number of amides is 1. The summed E-state index contributed by atoms with van der Waals surface area (Å²) in [6, 6.07) is 14.2. The smallest absolute Gasteiger partial charge is 0.416 e. The summed E-state index contributed by atoms with van der Waals surface area (Å²) >= 11 is 7.34. The molecule has 21 nitrogen and oxygen atoms in total. The monoisotopic (exact) mass is 1210 g/mol. The third-order valence-corrected chi connectivity index (χ3v) is 13.2. The number of ether oxygens (including phenoxy) is 13. The first-order valence-electron chi connectivity index (χ1n) is 25.7. The quantitative estimate of drug-likeness (QED) is 0.0283. The molecule has 81 heavy (non-hydrogen) atoms. The molecule has 0 bridgehead atoms. The highest BCUT2D eigenvalue weighted by atomic mass is 35.5. The maximum absolute atomic E-state index is 15.5. The number of hydrogen-bond acceptors (Lipinski definition) is 20. The molecule has 0 aliphatic rings. The van der Waals surface area contributed by atoms with Crippen molar-refractivity contribution in [3.8, 4) is 33.8 Å². The fourth-order valence-electron chi connectivity index (χ4n) is 6.83. The average molecular weight is 1210 g/mol. The SMILES string of the molecule is COCCOCCOCCOCCOCCOCCOCCOCCOCCOCCOCCOCCC(=O)NCc1cc(-c2cc(-c3cccc(C(F)(F)F)c3)ccc2Oc2cc(F)c(S(=O)(=O)Nc3nncs3)cc2Cl)ccn1. The molecule has 0 radical (unpaired) electrons. The number of hydrogen-bond donors (Lipinski definition) is 2. The molecule has 2 aromatic heterocycles. The number of alkyl halides is 3. The topological polar surface area (TPSA) is 234 Å². The first-order chi connectivity index (χ1) is 39.3. The fraction of sp³-hybridized carbons (Fsp3) is 0.509. The van der Waals surface area contributed by atoms with Crippen molar-refractivity contribution in [2.24, 2.45) is 0 Å². The molecular formula is C53H68ClF4N5O16S2. The van der Waals surface area contributed by atoms with Gasteiger partial charge in [-0.2, -0.15) is 13.2 Å². The minimum absolute atomic E-state index is 0.00600. The van der Waals surface area contributed by atoms with E-state index >= 15 is 4.39 Å². The standard InChI is InChI=1S/C53H68ClF4N5O16S2/c1-67-11-12-69-15-16-71-19-20-73-23-24-75-27-28-77-31-32-78-30-29-76-26-25-74-22-21-72-18-17-70-14-13-68-10-8-51(64)60-38-44-34-42(7-9-59-44)45-35-41(40-3-2-4-43(33-40)53(56,57)58)5-6-48(45)79-49-37-47(55)50(36-46(49)54)81(65,66)63-52-62-61-39-80-52/h2-7,9,33-37,39H,8,10-32,38H2,1H3,(H,60,64)(H,62,63). The van der Waals surface area contributed by atoms with E-state index in [-0.39, 0.29) is 59.3 Å². The summed E-state index contributed by atoms with van der Waals surface area (Å²) in [7, 11) is -2.84. The van der Waals surface area contributed by atoms with Crippen LogP contribution in [0.4, 0.5) is 22.7 Å². The van der Waals surface area contributed by atoms with Crippen LogP contribution >= 0.6 is 22.9 Å². The van der Waals surface area contributed by atoms with Gasteiger partial charge in [0.2, 0.25) is 11.0 Å². The summed E-state index contributed by atoms with van der Waals surface area (Å²) in [6.45, 7) is 9.89. The van der Waals surface area contributed by atoms with Crippen LogP contribution in [0.3, 0.4) is 0 Å². The maximum Gasteiger partial charge on any atom is 0.416 e. The van der Waals surface area contributed by atoms with E-state index in [9.17, 15) is 26.4 Å². The van der Waals surface area contributed by atoms with Crippen LogP contribution in [0.1, 0.15) is 17.7 Å². The van der Waals surface area contributed by atoms with Gasteiger partial charge >= 0.3 is 6.18 Å². The molecular weight excluding hydrogens is 1140 g/mol. The minimum Gasteiger partial charge on any atom is -0.455 e. The highest BCUT2D eigenvalue weighted by molar-refractivity contribution is 7.93. The number of rotatable bonds is 45. The highest BCUT2D eigenvalue weighted by Crippen LogP contribution is 2.41. The first-order valence-corrected chi connectivity index (χ1v) is 28.4. The summed E-state index contributed by atoms with van der Waals surface area (Å²) in [4.78, 5) is 16.3. The zero-order valence-electron chi connectivity index (χ0n) is 44.8. The van der Waals surface area contributed by atoms with Crippen molar-refractivity contribution in [3.05, 3.63) is 101 Å². The van der Waals surface area contributed by atoms with E-state index in [1.54, 1.807) is 25.3 Å². The van der Waals surface area contributed by atoms with E-state index in [2.05, 4.69) is 25.2 Å². The summed E-state index contributed by atoms with van der Waals surface area (Å²) in [5, 5.41) is 9.59. The Morgan fingerprint density at radius 3 is 1.60 bits per heavy atom. The van der Waals surface area contributed by atoms with Gasteiger partial charge in [-0.25, -0.2) is 12.8 Å². The summed E-state index contributed by atoms with van der Waals surface area (Å²) in [5.41, 5.74) is 2.25. The molecule has 5 rings (SSSR count). The molecule has 1 amide bonds. The third-order valence-electron chi connectivity index (χ3n) is 10.8. The Kier molecular flexibility index (Phi) is 31.8. The number of nitrogens with one attached hydrogen (secondary N) is 2. The van der Waals surface area contributed by atoms with Crippen LogP contribution in [-0.4, -0.2) is 189 Å². The predicted octanol–water partition coefficient (Wildman–Crippen LogP) is 7.51. The lowest BCUT2D eigenvalue weighted by atomic mass is 9.97. The van der Waals surface area contributed by atoms with Gasteiger partial charge in [0.25, 0.3) is 10.0 Å². The van der Waals surface area contributed by atoms with E-state index in [0.29, 0.717) is 161 Å². The summed E-state index contributed by atoms with van der Waals surface area (Å²) < 4.78 is 156. The second-order valence-corrected chi connectivity index (χ2v) is 19.6. The normalized spacial score (nSPS) is 11.8. The van der Waals surface area contributed by atoms with Crippen LogP contribution in [0.5, 0.6) is 11.5 Å². The highest BCUT2D eigenvalue weighted by Gasteiger charge is 2.31. The number of pyridine rings is 1. The Bertz CT molecular complexity index is 2670. The summed E-state index contributed by atoms with van der Waals surface area (Å²) in [5.74, 6) is -1.69. The molecule has 0 saturated carbocycles. The molecule has 0 saturated heterocycles. The molecule has 0 fully saturated rings. The predicted molar refractivity (Wildman–Crippen MR) is 290 cm³/mol. The molecule has 0 spiro atoms. The lowest BCUT2D eigenvalue weighted by molar-refractivity contribution is -0.137. The third kappa shape index (κ3) is 26.8. The number of anilines is 1. The summed E-state index contributed by atoms with van der Waals surface area (Å²) in [6.07, 6.45) is -3.08. The van der Waals surface area contributed by atoms with Gasteiger partial charge in [-0.3, -0.25) is 14.5 Å². The van der Waals surface area contributed by atoms with E-state index in [0.717, 1.165) is 35.6 Å². The van der Waals surface area contributed by atoms with Crippen LogP contribution < -0.4 is 14.8 Å². The van der Waals surface area contributed by atoms with Gasteiger partial charge in [-0.15, -0.1) is 10.2 Å². The van der Waals surface area contributed by atoms with Gasteiger partial charge in [0, 0.05) is 31.4 Å². The van der Waals surface area contributed by atoms with E-state index in [1.165, 1.54) is 36.0 Å². The van der Waals surface area contributed by atoms with Gasteiger partial charge in [0.05, 0.1) is 175 Å². The van der Waals surface area contributed by atoms with Crippen molar-refractivity contribution < 1.29 is 92.4 Å². The number of methoxy groups -OCH3 is 1. The number of halogens is 5. The van der Waals surface area contributed by atoms with Crippen LogP contribution in [-0.2, 0) is 84.4 Å². The molecule has 3 aromatic carbocycles. The average Bonchev–Trinajstić information content (AvgIpc) is 4.14. The van der Waals surface area contributed by atoms with Gasteiger partial charge < -0.3 is 66.9 Å². The van der Waals surface area contributed by atoms with E-state index in [1.807, 2.05) is 0 Å². The Morgan fingerprint density at radius 1 is 0.605 bits per heavy atom. The van der Waals surface area contributed by atoms with Gasteiger partial charge in [-0.1, -0.05) is 41.1 Å². The van der Waals surface area contributed by atoms with Gasteiger partial charge in [0.1, 0.15) is 27.7 Å². The largest absolute Gasteiger partial charge is 0.455 e. The van der Waals surface area contributed by atoms with Crippen LogP contribution in [0, 0.1) is 5.82 Å². The lowest BCUT2D eigenvalue weighted by Gasteiger charge is -2.16. The van der Waals surface area contributed by atoms with Crippen LogP contribution in [0.15, 0.2) is 83.3 Å². The Hall–Kier alpha value is -5.08. The van der Waals surface area contributed by atoms with E-state index < -0.39 is 32.5 Å². The Labute approximate surface area is 477 Å². The molecule has 0 unspecified atom stereocenters.